The second-order valence-corrected chi connectivity index (χ2v) is 3.72. The topological polar surface area (TPSA) is 12.9 Å². The van der Waals surface area contributed by atoms with E-state index >= 15 is 0 Å². The first-order chi connectivity index (χ1) is 7.48. The van der Waals surface area contributed by atoms with Crippen LogP contribution < -0.4 is 0 Å². The van der Waals surface area contributed by atoms with Crippen LogP contribution in [0.1, 0.15) is 19.0 Å². The zero-order valence-electron chi connectivity index (χ0n) is 8.67. The van der Waals surface area contributed by atoms with Crippen LogP contribution in [0.25, 0.3) is 5.57 Å². The molecule has 0 aromatic carbocycles. The van der Waals surface area contributed by atoms with Crippen LogP contribution in [0.4, 0.5) is 13.2 Å². The van der Waals surface area contributed by atoms with Gasteiger partial charge in [0.15, 0.2) is 0 Å². The van der Waals surface area contributed by atoms with E-state index < -0.39 is 11.7 Å². The Labute approximate surface area is 91.3 Å². The van der Waals surface area contributed by atoms with Crippen LogP contribution in [-0.2, 0) is 0 Å². The van der Waals surface area contributed by atoms with E-state index in [0.717, 1.165) is 0 Å². The molecular weight excluding hydrogens is 215 g/mol. The predicted molar refractivity (Wildman–Crippen MR) is 55.6 cm³/mol. The maximum Gasteiger partial charge on any atom is 0.413 e. The van der Waals surface area contributed by atoms with Gasteiger partial charge < -0.3 is 0 Å². The third kappa shape index (κ3) is 2.01. The van der Waals surface area contributed by atoms with Gasteiger partial charge in [-0.25, -0.2) is 0 Å². The van der Waals surface area contributed by atoms with Gasteiger partial charge in [0.25, 0.3) is 0 Å². The van der Waals surface area contributed by atoms with Crippen molar-refractivity contribution in [1.82, 2.24) is 4.98 Å². The molecule has 0 radical (unpaired) electrons. The SMILES string of the molecule is CC1=C(c2ccccn2)CC(C(F)(F)F)=C1. The summed E-state index contributed by atoms with van der Waals surface area (Å²) >= 11 is 0. The Bertz CT molecular complexity index is 455. The smallest absolute Gasteiger partial charge is 0.257 e. The monoisotopic (exact) mass is 225 g/mol. The molecule has 2 rings (SSSR count). The van der Waals surface area contributed by atoms with E-state index in [1.165, 1.54) is 6.08 Å². The summed E-state index contributed by atoms with van der Waals surface area (Å²) in [5.41, 5.74) is 1.43. The molecule has 0 saturated carbocycles. The lowest BCUT2D eigenvalue weighted by Gasteiger charge is -2.08. The lowest BCUT2D eigenvalue weighted by atomic mass is 10.1. The van der Waals surface area contributed by atoms with Gasteiger partial charge in [-0.3, -0.25) is 4.98 Å². The van der Waals surface area contributed by atoms with Gasteiger partial charge in [0.1, 0.15) is 0 Å². The first-order valence-corrected chi connectivity index (χ1v) is 4.87. The van der Waals surface area contributed by atoms with Crippen LogP contribution in [0.2, 0.25) is 0 Å². The minimum atomic E-state index is -4.24. The molecule has 0 amide bonds. The Kier molecular flexibility index (Phi) is 2.58. The van der Waals surface area contributed by atoms with Crippen molar-refractivity contribution in [2.24, 2.45) is 0 Å². The van der Waals surface area contributed by atoms with E-state index in [2.05, 4.69) is 4.98 Å². The second kappa shape index (κ2) is 3.77. The highest BCUT2D eigenvalue weighted by Crippen LogP contribution is 2.40. The zero-order chi connectivity index (χ0) is 11.8. The molecule has 0 atom stereocenters. The number of alkyl halides is 3. The van der Waals surface area contributed by atoms with E-state index in [9.17, 15) is 13.2 Å². The quantitative estimate of drug-likeness (QED) is 0.709. The molecule has 0 fully saturated rings. The van der Waals surface area contributed by atoms with Crippen LogP contribution in [0.15, 0.2) is 41.6 Å². The van der Waals surface area contributed by atoms with Gasteiger partial charge in [-0.1, -0.05) is 12.1 Å². The zero-order valence-corrected chi connectivity index (χ0v) is 8.67. The molecule has 16 heavy (non-hydrogen) atoms. The molecule has 0 unspecified atom stereocenters. The lowest BCUT2D eigenvalue weighted by molar-refractivity contribution is -0.0924. The Hall–Kier alpha value is -1.58. The first kappa shape index (κ1) is 10.9. The molecule has 0 N–H and O–H groups in total. The fraction of sp³-hybridized carbons (Fsp3) is 0.250. The number of aromatic nitrogens is 1. The number of hydrogen-bond donors (Lipinski definition) is 0. The van der Waals surface area contributed by atoms with Crippen LogP contribution in [0.3, 0.4) is 0 Å². The summed E-state index contributed by atoms with van der Waals surface area (Å²) in [6.45, 7) is 1.68. The van der Waals surface area contributed by atoms with E-state index in [4.69, 9.17) is 0 Å². The predicted octanol–water partition coefficient (Wildman–Crippen LogP) is 3.75. The maximum absolute atomic E-state index is 12.5. The van der Waals surface area contributed by atoms with E-state index in [-0.39, 0.29) is 6.42 Å². The molecular formula is C12H10F3N. The molecule has 0 spiro atoms. The Morgan fingerprint density at radius 2 is 2.00 bits per heavy atom. The van der Waals surface area contributed by atoms with E-state index in [1.807, 2.05) is 0 Å². The Balaban J connectivity index is 2.28. The van der Waals surface area contributed by atoms with Crippen molar-refractivity contribution in [1.29, 1.82) is 0 Å². The largest absolute Gasteiger partial charge is 0.413 e. The molecule has 0 saturated heterocycles. The standard InChI is InChI=1S/C12H10F3N/c1-8-6-9(12(13,14)15)7-10(8)11-4-2-3-5-16-11/h2-6H,7H2,1H3. The van der Waals surface area contributed by atoms with Crippen LogP contribution in [0, 0.1) is 0 Å². The van der Waals surface area contributed by atoms with Gasteiger partial charge in [0.05, 0.1) is 5.69 Å². The van der Waals surface area contributed by atoms with Gasteiger partial charge in [-0.15, -0.1) is 0 Å². The van der Waals surface area contributed by atoms with Crippen molar-refractivity contribution in [3.05, 3.63) is 47.3 Å². The van der Waals surface area contributed by atoms with Gasteiger partial charge in [-0.2, -0.15) is 13.2 Å². The highest BCUT2D eigenvalue weighted by molar-refractivity contribution is 5.74. The summed E-state index contributed by atoms with van der Waals surface area (Å²) in [6, 6.07) is 5.24. The summed E-state index contributed by atoms with van der Waals surface area (Å²) in [6.07, 6.45) is -1.53. The fourth-order valence-corrected chi connectivity index (χ4v) is 1.75. The third-order valence-corrected chi connectivity index (χ3v) is 2.57. The first-order valence-electron chi connectivity index (χ1n) is 4.87. The van der Waals surface area contributed by atoms with Gasteiger partial charge in [0, 0.05) is 18.2 Å². The molecule has 4 heteroatoms. The number of halogens is 3. The van der Waals surface area contributed by atoms with Crippen molar-refractivity contribution in [2.45, 2.75) is 19.5 Å². The lowest BCUT2D eigenvalue weighted by Crippen LogP contribution is -2.10. The van der Waals surface area contributed by atoms with Crippen LogP contribution in [0.5, 0.6) is 0 Å². The highest BCUT2D eigenvalue weighted by atomic mass is 19.4. The minimum Gasteiger partial charge on any atom is -0.257 e. The van der Waals surface area contributed by atoms with Gasteiger partial charge >= 0.3 is 6.18 Å². The summed E-state index contributed by atoms with van der Waals surface area (Å²) in [5, 5.41) is 0. The Morgan fingerprint density at radius 1 is 1.25 bits per heavy atom. The number of nitrogens with zero attached hydrogens (tertiary/aromatic N) is 1. The molecule has 1 nitrogen and oxygen atoms in total. The molecule has 1 aromatic heterocycles. The molecule has 0 bridgehead atoms. The maximum atomic E-state index is 12.5. The van der Waals surface area contributed by atoms with Crippen LogP contribution in [-0.4, -0.2) is 11.2 Å². The number of pyridine rings is 1. The summed E-state index contributed by atoms with van der Waals surface area (Å²) in [4.78, 5) is 4.07. The fourth-order valence-electron chi connectivity index (χ4n) is 1.75. The molecule has 1 aliphatic rings. The summed E-state index contributed by atoms with van der Waals surface area (Å²) in [7, 11) is 0. The van der Waals surface area contributed by atoms with Crippen molar-refractivity contribution in [2.75, 3.05) is 0 Å². The van der Waals surface area contributed by atoms with Gasteiger partial charge in [-0.05, 0) is 30.2 Å². The Morgan fingerprint density at radius 3 is 2.50 bits per heavy atom. The third-order valence-electron chi connectivity index (χ3n) is 2.57. The van der Waals surface area contributed by atoms with Crippen molar-refractivity contribution >= 4 is 5.57 Å². The molecule has 1 aliphatic carbocycles. The van der Waals surface area contributed by atoms with Crippen molar-refractivity contribution < 1.29 is 13.2 Å². The molecule has 0 aliphatic heterocycles. The van der Waals surface area contributed by atoms with Gasteiger partial charge in [0.2, 0.25) is 0 Å². The highest BCUT2D eigenvalue weighted by Gasteiger charge is 2.36. The molecule has 1 heterocycles. The van der Waals surface area contributed by atoms with E-state index in [0.29, 0.717) is 16.8 Å². The molecule has 1 aromatic rings. The summed E-state index contributed by atoms with van der Waals surface area (Å²) < 4.78 is 37.5. The van der Waals surface area contributed by atoms with Crippen molar-refractivity contribution in [3.63, 3.8) is 0 Å². The number of allylic oxidation sites excluding steroid dienone is 4. The van der Waals surface area contributed by atoms with Crippen molar-refractivity contribution in [3.8, 4) is 0 Å². The minimum absolute atomic E-state index is 0.0770. The van der Waals surface area contributed by atoms with Crippen LogP contribution >= 0.6 is 0 Å². The average molecular weight is 225 g/mol. The number of rotatable bonds is 1. The normalized spacial score (nSPS) is 16.6. The molecule has 84 valence electrons. The average Bonchev–Trinajstić information content (AvgIpc) is 2.61. The second-order valence-electron chi connectivity index (χ2n) is 3.72. The summed E-state index contributed by atoms with van der Waals surface area (Å²) in [5.74, 6) is 0. The number of hydrogen-bond acceptors (Lipinski definition) is 1. The van der Waals surface area contributed by atoms with E-state index in [1.54, 1.807) is 31.3 Å².